The summed E-state index contributed by atoms with van der Waals surface area (Å²) in [6.07, 6.45) is 4.60. The van der Waals surface area contributed by atoms with Crippen LogP contribution >= 0.6 is 0 Å². The van der Waals surface area contributed by atoms with E-state index in [9.17, 15) is 4.79 Å². The first-order valence-corrected chi connectivity index (χ1v) is 9.45. The summed E-state index contributed by atoms with van der Waals surface area (Å²) >= 11 is 0. The summed E-state index contributed by atoms with van der Waals surface area (Å²) in [4.78, 5) is 12.4. The molecule has 0 aliphatic heterocycles. The van der Waals surface area contributed by atoms with Crippen molar-refractivity contribution in [3.63, 3.8) is 0 Å². The highest BCUT2D eigenvalue weighted by molar-refractivity contribution is 5.93. The second kappa shape index (κ2) is 8.65. The Balaban J connectivity index is 1.67. The van der Waals surface area contributed by atoms with Crippen molar-refractivity contribution in [3.05, 3.63) is 54.2 Å². The van der Waals surface area contributed by atoms with E-state index in [1.807, 2.05) is 24.3 Å². The number of carbonyl (C=O) groups is 1. The minimum Gasteiger partial charge on any atom is -0.355 e. The van der Waals surface area contributed by atoms with E-state index in [4.69, 9.17) is 4.52 Å². The normalized spacial score (nSPS) is 12.2. The van der Waals surface area contributed by atoms with E-state index >= 15 is 0 Å². The lowest BCUT2D eigenvalue weighted by Gasteiger charge is -2.14. The van der Waals surface area contributed by atoms with Gasteiger partial charge in [-0.1, -0.05) is 74.7 Å². The zero-order chi connectivity index (χ0) is 18.4. The SMILES string of the molecule is CCCCC(CC)CNC(=O)c1cc(-c2ccc3ccccc3c2)on1. The van der Waals surface area contributed by atoms with Crippen LogP contribution in [0.3, 0.4) is 0 Å². The zero-order valence-electron chi connectivity index (χ0n) is 15.5. The van der Waals surface area contributed by atoms with Crippen LogP contribution in [0.5, 0.6) is 0 Å². The van der Waals surface area contributed by atoms with Crippen molar-refractivity contribution in [3.8, 4) is 11.3 Å². The first kappa shape index (κ1) is 18.2. The molecule has 4 heteroatoms. The Bertz CT molecular complexity index is 869. The highest BCUT2D eigenvalue weighted by atomic mass is 16.5. The van der Waals surface area contributed by atoms with Crippen molar-refractivity contribution < 1.29 is 9.32 Å². The number of nitrogens with one attached hydrogen (secondary N) is 1. The standard InChI is InChI=1S/C22H26N2O2/c1-3-5-8-16(4-2)15-23-22(25)20-14-21(26-24-20)19-12-11-17-9-6-7-10-18(17)13-19/h6-7,9-14,16H,3-5,8,15H2,1-2H3,(H,23,25). The van der Waals surface area contributed by atoms with Crippen molar-refractivity contribution in [1.29, 1.82) is 0 Å². The van der Waals surface area contributed by atoms with Crippen molar-refractivity contribution in [1.82, 2.24) is 10.5 Å². The van der Waals surface area contributed by atoms with Gasteiger partial charge in [0, 0.05) is 18.2 Å². The number of nitrogens with zero attached hydrogens (tertiary/aromatic N) is 1. The summed E-state index contributed by atoms with van der Waals surface area (Å²) in [5.41, 5.74) is 1.25. The van der Waals surface area contributed by atoms with E-state index in [1.165, 1.54) is 18.2 Å². The zero-order valence-corrected chi connectivity index (χ0v) is 15.5. The van der Waals surface area contributed by atoms with Gasteiger partial charge in [-0.05, 0) is 29.2 Å². The van der Waals surface area contributed by atoms with Crippen molar-refractivity contribution in [2.75, 3.05) is 6.54 Å². The maximum Gasteiger partial charge on any atom is 0.273 e. The lowest BCUT2D eigenvalue weighted by Crippen LogP contribution is -2.29. The van der Waals surface area contributed by atoms with Crippen LogP contribution in [-0.4, -0.2) is 17.6 Å². The van der Waals surface area contributed by atoms with E-state index < -0.39 is 0 Å². The van der Waals surface area contributed by atoms with E-state index in [-0.39, 0.29) is 5.91 Å². The third-order valence-corrected chi connectivity index (χ3v) is 4.87. The second-order valence-electron chi connectivity index (χ2n) is 6.76. The number of fused-ring (bicyclic) bond motifs is 1. The number of hydrogen-bond acceptors (Lipinski definition) is 3. The predicted octanol–water partition coefficient (Wildman–Crippen LogP) is 5.44. The number of carbonyl (C=O) groups excluding carboxylic acids is 1. The maximum atomic E-state index is 12.4. The average molecular weight is 350 g/mol. The van der Waals surface area contributed by atoms with Gasteiger partial charge in [-0.25, -0.2) is 0 Å². The number of benzene rings is 2. The molecule has 0 aliphatic carbocycles. The molecule has 0 saturated carbocycles. The Hall–Kier alpha value is -2.62. The van der Waals surface area contributed by atoms with Gasteiger partial charge >= 0.3 is 0 Å². The van der Waals surface area contributed by atoms with Gasteiger partial charge in [0.05, 0.1) is 0 Å². The monoisotopic (exact) mass is 350 g/mol. The summed E-state index contributed by atoms with van der Waals surface area (Å²) < 4.78 is 5.41. The van der Waals surface area contributed by atoms with Gasteiger partial charge in [0.15, 0.2) is 11.5 Å². The van der Waals surface area contributed by atoms with Crippen LogP contribution in [0, 0.1) is 5.92 Å². The highest BCUT2D eigenvalue weighted by Crippen LogP contribution is 2.25. The fourth-order valence-electron chi connectivity index (χ4n) is 3.13. The predicted molar refractivity (Wildman–Crippen MR) is 105 cm³/mol. The minimum atomic E-state index is -0.171. The molecular weight excluding hydrogens is 324 g/mol. The summed E-state index contributed by atoms with van der Waals surface area (Å²) in [7, 11) is 0. The number of aromatic nitrogens is 1. The Morgan fingerprint density at radius 2 is 1.92 bits per heavy atom. The molecule has 3 aromatic rings. The lowest BCUT2D eigenvalue weighted by molar-refractivity contribution is 0.0937. The van der Waals surface area contributed by atoms with E-state index in [2.05, 4.69) is 42.5 Å². The third kappa shape index (κ3) is 4.31. The van der Waals surface area contributed by atoms with Crippen molar-refractivity contribution >= 4 is 16.7 Å². The van der Waals surface area contributed by atoms with Gasteiger partial charge in [-0.15, -0.1) is 0 Å². The fraction of sp³-hybridized carbons (Fsp3) is 0.364. The van der Waals surface area contributed by atoms with Crippen LogP contribution in [0.4, 0.5) is 0 Å². The molecule has 1 amide bonds. The minimum absolute atomic E-state index is 0.171. The molecule has 3 rings (SSSR count). The molecule has 2 aromatic carbocycles. The molecule has 0 fully saturated rings. The third-order valence-electron chi connectivity index (χ3n) is 4.87. The topological polar surface area (TPSA) is 55.1 Å². The van der Waals surface area contributed by atoms with Crippen LogP contribution in [0.25, 0.3) is 22.1 Å². The van der Waals surface area contributed by atoms with Crippen LogP contribution in [0.15, 0.2) is 53.1 Å². The lowest BCUT2D eigenvalue weighted by atomic mass is 9.99. The molecule has 0 bridgehead atoms. The molecule has 1 aromatic heterocycles. The first-order valence-electron chi connectivity index (χ1n) is 9.45. The second-order valence-corrected chi connectivity index (χ2v) is 6.76. The quantitative estimate of drug-likeness (QED) is 0.588. The largest absolute Gasteiger partial charge is 0.355 e. The maximum absolute atomic E-state index is 12.4. The number of rotatable bonds is 8. The van der Waals surface area contributed by atoms with Gasteiger partial charge in [0.1, 0.15) is 0 Å². The van der Waals surface area contributed by atoms with E-state index in [0.29, 0.717) is 23.9 Å². The van der Waals surface area contributed by atoms with Crippen LogP contribution < -0.4 is 5.32 Å². The molecular formula is C22H26N2O2. The van der Waals surface area contributed by atoms with Crippen molar-refractivity contribution in [2.24, 2.45) is 5.92 Å². The van der Waals surface area contributed by atoms with E-state index in [0.717, 1.165) is 23.8 Å². The molecule has 0 aliphatic rings. The first-order chi connectivity index (χ1) is 12.7. The van der Waals surface area contributed by atoms with Gasteiger partial charge in [0.2, 0.25) is 0 Å². The van der Waals surface area contributed by atoms with Gasteiger partial charge < -0.3 is 9.84 Å². The van der Waals surface area contributed by atoms with E-state index in [1.54, 1.807) is 6.07 Å². The van der Waals surface area contributed by atoms with Gasteiger partial charge in [-0.3, -0.25) is 4.79 Å². The molecule has 1 unspecified atom stereocenters. The molecule has 1 atom stereocenters. The molecule has 1 N–H and O–H groups in total. The molecule has 1 heterocycles. The number of amides is 1. The number of unbranched alkanes of at least 4 members (excludes halogenated alkanes) is 1. The van der Waals surface area contributed by atoms with Crippen LogP contribution in [0.2, 0.25) is 0 Å². The molecule has 0 saturated heterocycles. The molecule has 0 spiro atoms. The van der Waals surface area contributed by atoms with Crippen molar-refractivity contribution in [2.45, 2.75) is 39.5 Å². The smallest absolute Gasteiger partial charge is 0.273 e. The number of hydrogen-bond donors (Lipinski definition) is 1. The fourth-order valence-corrected chi connectivity index (χ4v) is 3.13. The van der Waals surface area contributed by atoms with Crippen LogP contribution in [-0.2, 0) is 0 Å². The Kier molecular flexibility index (Phi) is 6.05. The average Bonchev–Trinajstić information content (AvgIpc) is 3.18. The summed E-state index contributed by atoms with van der Waals surface area (Å²) in [6, 6.07) is 16.0. The Morgan fingerprint density at radius 3 is 2.69 bits per heavy atom. The van der Waals surface area contributed by atoms with Gasteiger partial charge in [0.25, 0.3) is 5.91 Å². The molecule has 4 nitrogen and oxygen atoms in total. The van der Waals surface area contributed by atoms with Crippen LogP contribution in [0.1, 0.15) is 50.0 Å². The summed E-state index contributed by atoms with van der Waals surface area (Å²) in [6.45, 7) is 5.04. The highest BCUT2D eigenvalue weighted by Gasteiger charge is 2.15. The Labute approximate surface area is 154 Å². The summed E-state index contributed by atoms with van der Waals surface area (Å²) in [5.74, 6) is 0.959. The molecule has 26 heavy (non-hydrogen) atoms. The Morgan fingerprint density at radius 1 is 1.12 bits per heavy atom. The summed E-state index contributed by atoms with van der Waals surface area (Å²) in [5, 5.41) is 9.25. The van der Waals surface area contributed by atoms with Gasteiger partial charge in [-0.2, -0.15) is 0 Å². The molecule has 0 radical (unpaired) electrons. The molecule has 136 valence electrons.